The van der Waals surface area contributed by atoms with Gasteiger partial charge in [-0.2, -0.15) is 0 Å². The topological polar surface area (TPSA) is 68.5 Å². The number of thioether (sulfide) groups is 1. The minimum Gasteiger partial charge on any atom is -0.310 e. The zero-order valence-electron chi connectivity index (χ0n) is 12.3. The average Bonchev–Trinajstić information content (AvgIpc) is 2.94. The summed E-state index contributed by atoms with van der Waals surface area (Å²) in [5.74, 6) is 0.803. The Morgan fingerprint density at radius 3 is 2.85 bits per heavy atom. The van der Waals surface area contributed by atoms with Crippen molar-refractivity contribution in [2.24, 2.45) is 0 Å². The lowest BCUT2D eigenvalue weighted by atomic mass is 10.1. The summed E-state index contributed by atoms with van der Waals surface area (Å²) in [4.78, 5) is 4.44. The summed E-state index contributed by atoms with van der Waals surface area (Å²) < 4.78 is 1.84. The lowest BCUT2D eigenvalue weighted by molar-refractivity contribution is 0.396. The molecular weight excluding hydrogens is 292 g/mol. The van der Waals surface area contributed by atoms with Gasteiger partial charge < -0.3 is 5.32 Å². The van der Waals surface area contributed by atoms with Gasteiger partial charge in [-0.3, -0.25) is 0 Å². The quantitative estimate of drug-likeness (QED) is 0.824. The zero-order valence-corrected chi connectivity index (χ0v) is 13.9. The Morgan fingerprint density at radius 1 is 1.40 bits per heavy atom. The van der Waals surface area contributed by atoms with Crippen molar-refractivity contribution in [3.05, 3.63) is 16.1 Å². The molecule has 0 aliphatic rings. The number of hydrogen-bond acceptors (Lipinski definition) is 7. The van der Waals surface area contributed by atoms with Gasteiger partial charge in [-0.25, -0.2) is 9.67 Å². The van der Waals surface area contributed by atoms with E-state index in [-0.39, 0.29) is 5.54 Å². The highest BCUT2D eigenvalue weighted by Crippen LogP contribution is 2.20. The van der Waals surface area contributed by atoms with Crippen LogP contribution in [0.1, 0.15) is 31.5 Å². The molecule has 8 heteroatoms. The molecule has 6 nitrogen and oxygen atoms in total. The second kappa shape index (κ2) is 6.64. The second-order valence-electron chi connectivity index (χ2n) is 5.51. The molecule has 0 saturated carbocycles. The fraction of sp³-hybridized carbons (Fsp3) is 0.667. The molecule has 1 N–H and O–H groups in total. The highest BCUT2D eigenvalue weighted by atomic mass is 32.2. The summed E-state index contributed by atoms with van der Waals surface area (Å²) in [5.41, 5.74) is 1.19. The number of nitrogens with one attached hydrogen (secondary N) is 1. The van der Waals surface area contributed by atoms with E-state index < -0.39 is 0 Å². The molecule has 2 rings (SSSR count). The molecule has 0 amide bonds. The van der Waals surface area contributed by atoms with Crippen molar-refractivity contribution >= 4 is 23.1 Å². The summed E-state index contributed by atoms with van der Waals surface area (Å²) >= 11 is 3.29. The van der Waals surface area contributed by atoms with Crippen LogP contribution in [0.5, 0.6) is 0 Å². The lowest BCUT2D eigenvalue weighted by Gasteiger charge is -2.20. The van der Waals surface area contributed by atoms with E-state index in [9.17, 15) is 0 Å². The van der Waals surface area contributed by atoms with Gasteiger partial charge >= 0.3 is 0 Å². The largest absolute Gasteiger partial charge is 0.310 e. The van der Waals surface area contributed by atoms with Crippen molar-refractivity contribution in [3.8, 4) is 0 Å². The van der Waals surface area contributed by atoms with Crippen molar-refractivity contribution in [1.82, 2.24) is 30.5 Å². The Balaban J connectivity index is 1.85. The van der Waals surface area contributed by atoms with E-state index in [1.54, 1.807) is 23.1 Å². The number of tetrazole rings is 1. The van der Waals surface area contributed by atoms with Crippen molar-refractivity contribution in [2.45, 2.75) is 50.7 Å². The number of rotatable bonds is 6. The van der Waals surface area contributed by atoms with E-state index in [1.807, 2.05) is 11.6 Å². The Kier molecular flexibility index (Phi) is 5.11. The molecule has 0 unspecified atom stereocenters. The minimum atomic E-state index is 0.111. The number of nitrogens with zero attached hydrogens (tertiary/aromatic N) is 5. The fourth-order valence-electron chi connectivity index (χ4n) is 1.59. The molecule has 0 aromatic carbocycles. The van der Waals surface area contributed by atoms with E-state index in [4.69, 9.17) is 0 Å². The molecule has 2 heterocycles. The first-order valence-corrected chi connectivity index (χ1v) is 8.35. The number of aromatic nitrogens is 5. The molecule has 2 aromatic heterocycles. The SMILES string of the molecule is Cc1nc(CSc2nnnn2CCNC(C)(C)C)cs1. The van der Waals surface area contributed by atoms with Gasteiger partial charge in [0, 0.05) is 23.2 Å². The van der Waals surface area contributed by atoms with E-state index in [1.165, 1.54) is 0 Å². The van der Waals surface area contributed by atoms with Crippen LogP contribution in [0.25, 0.3) is 0 Å². The molecule has 0 fully saturated rings. The molecule has 0 atom stereocenters. The summed E-state index contributed by atoms with van der Waals surface area (Å²) in [5, 5.41) is 19.3. The van der Waals surface area contributed by atoms with Crippen molar-refractivity contribution in [3.63, 3.8) is 0 Å². The monoisotopic (exact) mass is 312 g/mol. The average molecular weight is 312 g/mol. The van der Waals surface area contributed by atoms with Gasteiger partial charge in [0.2, 0.25) is 5.16 Å². The predicted molar refractivity (Wildman–Crippen MR) is 82.0 cm³/mol. The number of hydrogen-bond donors (Lipinski definition) is 1. The molecular formula is C12H20N6S2. The third-order valence-corrected chi connectivity index (χ3v) is 4.31. The molecule has 110 valence electrons. The maximum Gasteiger partial charge on any atom is 0.209 e. The Morgan fingerprint density at radius 2 is 2.20 bits per heavy atom. The summed E-state index contributed by atoms with van der Waals surface area (Å²) in [6.45, 7) is 10.1. The standard InChI is InChI=1S/C12H20N6S2/c1-9-14-10(7-19-9)8-20-11-15-16-17-18(11)6-5-13-12(2,3)4/h7,13H,5-6,8H2,1-4H3. The minimum absolute atomic E-state index is 0.111. The first-order valence-electron chi connectivity index (χ1n) is 6.49. The van der Waals surface area contributed by atoms with Gasteiger partial charge in [0.25, 0.3) is 0 Å². The predicted octanol–water partition coefficient (Wildman–Crippen LogP) is 2.12. The van der Waals surface area contributed by atoms with Gasteiger partial charge in [0.1, 0.15) is 0 Å². The summed E-state index contributed by atoms with van der Waals surface area (Å²) in [6.07, 6.45) is 0. The third kappa shape index (κ3) is 4.84. The van der Waals surface area contributed by atoms with Crippen LogP contribution in [-0.4, -0.2) is 37.3 Å². The van der Waals surface area contributed by atoms with E-state index in [0.717, 1.165) is 34.7 Å². The number of thiazole rings is 1. The summed E-state index contributed by atoms with van der Waals surface area (Å²) in [6, 6.07) is 0. The van der Waals surface area contributed by atoms with Gasteiger partial charge in [0.05, 0.1) is 17.2 Å². The first-order chi connectivity index (χ1) is 9.44. The third-order valence-electron chi connectivity index (χ3n) is 2.49. The Labute approximate surface area is 127 Å². The Hall–Kier alpha value is -0.990. The zero-order chi connectivity index (χ0) is 14.6. The molecule has 2 aromatic rings. The smallest absolute Gasteiger partial charge is 0.209 e. The van der Waals surface area contributed by atoms with Crippen LogP contribution in [-0.2, 0) is 12.3 Å². The molecule has 0 spiro atoms. The molecule has 20 heavy (non-hydrogen) atoms. The highest BCUT2D eigenvalue weighted by molar-refractivity contribution is 7.98. The van der Waals surface area contributed by atoms with Crippen LogP contribution in [0.3, 0.4) is 0 Å². The lowest BCUT2D eigenvalue weighted by Crippen LogP contribution is -2.38. The molecule has 0 radical (unpaired) electrons. The van der Waals surface area contributed by atoms with Gasteiger partial charge in [-0.05, 0) is 38.1 Å². The highest BCUT2D eigenvalue weighted by Gasteiger charge is 2.11. The van der Waals surface area contributed by atoms with Gasteiger partial charge in [-0.1, -0.05) is 11.8 Å². The van der Waals surface area contributed by atoms with Gasteiger partial charge in [0.15, 0.2) is 0 Å². The summed E-state index contributed by atoms with van der Waals surface area (Å²) in [7, 11) is 0. The second-order valence-corrected chi connectivity index (χ2v) is 7.51. The van der Waals surface area contributed by atoms with Crippen LogP contribution in [0.15, 0.2) is 10.5 Å². The van der Waals surface area contributed by atoms with E-state index in [2.05, 4.69) is 52.0 Å². The Bertz CT molecular complexity index is 542. The number of aryl methyl sites for hydroxylation is 1. The van der Waals surface area contributed by atoms with Crippen LogP contribution in [0.4, 0.5) is 0 Å². The van der Waals surface area contributed by atoms with E-state index in [0.29, 0.717) is 0 Å². The van der Waals surface area contributed by atoms with Crippen molar-refractivity contribution < 1.29 is 0 Å². The molecule has 0 bridgehead atoms. The van der Waals surface area contributed by atoms with Crippen LogP contribution < -0.4 is 5.32 Å². The van der Waals surface area contributed by atoms with E-state index >= 15 is 0 Å². The maximum absolute atomic E-state index is 4.44. The normalized spacial score (nSPS) is 12.0. The van der Waals surface area contributed by atoms with Crippen LogP contribution in [0.2, 0.25) is 0 Å². The fourth-order valence-corrected chi connectivity index (χ4v) is 3.10. The van der Waals surface area contributed by atoms with Crippen molar-refractivity contribution in [1.29, 1.82) is 0 Å². The van der Waals surface area contributed by atoms with Crippen LogP contribution in [0, 0.1) is 6.92 Å². The maximum atomic E-state index is 4.44. The molecule has 0 aliphatic carbocycles. The van der Waals surface area contributed by atoms with Gasteiger partial charge in [-0.15, -0.1) is 16.4 Å². The van der Waals surface area contributed by atoms with Crippen LogP contribution >= 0.6 is 23.1 Å². The first kappa shape index (κ1) is 15.4. The molecule has 0 saturated heterocycles. The van der Waals surface area contributed by atoms with Crippen molar-refractivity contribution in [2.75, 3.05) is 6.54 Å². The molecule has 0 aliphatic heterocycles.